The van der Waals surface area contributed by atoms with Crippen molar-refractivity contribution in [3.63, 3.8) is 0 Å². The maximum Gasteiger partial charge on any atom is 0.123 e. The molecule has 1 aromatic rings. The van der Waals surface area contributed by atoms with Crippen LogP contribution < -0.4 is 10.5 Å². The minimum absolute atomic E-state index is 0. The maximum absolute atomic E-state index is 13.3. The Hall–Kier alpha value is -0.880. The quantitative estimate of drug-likeness (QED) is 0.891. The zero-order valence-corrected chi connectivity index (χ0v) is 12.7. The fraction of sp³-hybridized carbons (Fsp3) is 0.571. The Bertz CT molecular complexity index is 411. The molecule has 2 rings (SSSR count). The molecule has 0 amide bonds. The van der Waals surface area contributed by atoms with Gasteiger partial charge in [0, 0.05) is 51.4 Å². The molecule has 2 N–H and O–H groups in total. The van der Waals surface area contributed by atoms with Crippen LogP contribution in [-0.4, -0.2) is 56.2 Å². The third-order valence-electron chi connectivity index (χ3n) is 3.55. The van der Waals surface area contributed by atoms with E-state index >= 15 is 0 Å². The number of methoxy groups -OCH3 is 1. The number of nitrogens with zero attached hydrogens (tertiary/aromatic N) is 2. The Morgan fingerprint density at radius 3 is 2.45 bits per heavy atom. The molecule has 0 aliphatic carbocycles. The van der Waals surface area contributed by atoms with E-state index in [-0.39, 0.29) is 18.2 Å². The summed E-state index contributed by atoms with van der Waals surface area (Å²) < 4.78 is 18.6. The lowest BCUT2D eigenvalue weighted by Gasteiger charge is -2.34. The molecule has 6 heteroatoms. The van der Waals surface area contributed by atoms with Gasteiger partial charge in [0.25, 0.3) is 0 Å². The summed E-state index contributed by atoms with van der Waals surface area (Å²) in [7, 11) is 1.62. The summed E-state index contributed by atoms with van der Waals surface area (Å²) in [4.78, 5) is 4.68. The van der Waals surface area contributed by atoms with Gasteiger partial charge in [-0.15, -0.1) is 12.4 Å². The van der Waals surface area contributed by atoms with Crippen LogP contribution in [-0.2, 0) is 6.54 Å². The molecule has 114 valence electrons. The average molecular weight is 304 g/mol. The monoisotopic (exact) mass is 303 g/mol. The molecule has 1 fully saturated rings. The smallest absolute Gasteiger partial charge is 0.123 e. The minimum atomic E-state index is -0.211. The first kappa shape index (κ1) is 17.2. The zero-order chi connectivity index (χ0) is 13.7. The zero-order valence-electron chi connectivity index (χ0n) is 11.8. The second kappa shape index (κ2) is 8.42. The number of piperazine rings is 1. The number of rotatable bonds is 5. The van der Waals surface area contributed by atoms with Gasteiger partial charge in [-0.3, -0.25) is 9.80 Å². The van der Waals surface area contributed by atoms with E-state index in [1.807, 2.05) is 0 Å². The number of halogens is 2. The molecule has 1 heterocycles. The Morgan fingerprint density at radius 2 is 1.85 bits per heavy atom. The number of nitrogens with two attached hydrogens (primary N) is 1. The van der Waals surface area contributed by atoms with Crippen molar-refractivity contribution in [3.05, 3.63) is 29.6 Å². The molecule has 0 saturated carbocycles. The second-order valence-corrected chi connectivity index (χ2v) is 4.86. The molecule has 0 spiro atoms. The third-order valence-corrected chi connectivity index (χ3v) is 3.55. The maximum atomic E-state index is 13.3. The van der Waals surface area contributed by atoms with E-state index in [4.69, 9.17) is 10.5 Å². The Kier molecular flexibility index (Phi) is 7.23. The van der Waals surface area contributed by atoms with Crippen molar-refractivity contribution in [2.45, 2.75) is 6.54 Å². The summed E-state index contributed by atoms with van der Waals surface area (Å²) in [6.45, 7) is 6.41. The Morgan fingerprint density at radius 1 is 1.20 bits per heavy atom. The number of ether oxygens (including phenoxy) is 1. The first-order chi connectivity index (χ1) is 9.22. The topological polar surface area (TPSA) is 41.7 Å². The fourth-order valence-corrected chi connectivity index (χ4v) is 2.47. The van der Waals surface area contributed by atoms with Gasteiger partial charge in [-0.25, -0.2) is 4.39 Å². The number of hydrogen-bond acceptors (Lipinski definition) is 4. The van der Waals surface area contributed by atoms with Gasteiger partial charge in [-0.2, -0.15) is 0 Å². The lowest BCUT2D eigenvalue weighted by Crippen LogP contribution is -2.47. The summed E-state index contributed by atoms with van der Waals surface area (Å²) in [5.41, 5.74) is 6.47. The van der Waals surface area contributed by atoms with Crippen molar-refractivity contribution < 1.29 is 9.13 Å². The molecule has 1 aliphatic rings. The first-order valence-electron chi connectivity index (χ1n) is 6.70. The van der Waals surface area contributed by atoms with E-state index in [2.05, 4.69) is 9.80 Å². The lowest BCUT2D eigenvalue weighted by molar-refractivity contribution is 0.129. The molecule has 0 unspecified atom stereocenters. The van der Waals surface area contributed by atoms with Crippen molar-refractivity contribution in [1.29, 1.82) is 0 Å². The standard InChI is InChI=1S/C14H22FN3O.ClH/c1-19-14-3-2-13(15)10-12(14)11-18-8-6-17(5-4-16)7-9-18;/h2-3,10H,4-9,11,16H2,1H3;1H. The van der Waals surface area contributed by atoms with E-state index in [1.165, 1.54) is 6.07 Å². The van der Waals surface area contributed by atoms with Gasteiger partial charge in [0.05, 0.1) is 7.11 Å². The number of benzene rings is 1. The first-order valence-corrected chi connectivity index (χ1v) is 6.70. The lowest BCUT2D eigenvalue weighted by atomic mass is 10.1. The molecule has 1 aromatic carbocycles. The predicted molar refractivity (Wildman–Crippen MR) is 81.0 cm³/mol. The third kappa shape index (κ3) is 4.59. The second-order valence-electron chi connectivity index (χ2n) is 4.86. The van der Waals surface area contributed by atoms with E-state index in [0.29, 0.717) is 6.54 Å². The van der Waals surface area contributed by atoms with Crippen LogP contribution >= 0.6 is 12.4 Å². The van der Waals surface area contributed by atoms with Crippen molar-refractivity contribution in [3.8, 4) is 5.75 Å². The van der Waals surface area contributed by atoms with Gasteiger partial charge < -0.3 is 10.5 Å². The van der Waals surface area contributed by atoms with Crippen LogP contribution in [0.4, 0.5) is 4.39 Å². The van der Waals surface area contributed by atoms with Crippen molar-refractivity contribution in [1.82, 2.24) is 9.80 Å². The summed E-state index contributed by atoms with van der Waals surface area (Å²) >= 11 is 0. The van der Waals surface area contributed by atoms with Crippen LogP contribution in [0, 0.1) is 5.82 Å². The summed E-state index contributed by atoms with van der Waals surface area (Å²) in [6.07, 6.45) is 0. The average Bonchev–Trinajstić information content (AvgIpc) is 2.42. The molecular formula is C14H23ClFN3O. The Balaban J connectivity index is 0.00000200. The van der Waals surface area contributed by atoms with E-state index < -0.39 is 0 Å². The number of hydrogen-bond donors (Lipinski definition) is 1. The minimum Gasteiger partial charge on any atom is -0.496 e. The summed E-state index contributed by atoms with van der Waals surface area (Å²) in [5, 5.41) is 0. The molecule has 20 heavy (non-hydrogen) atoms. The molecule has 1 saturated heterocycles. The predicted octanol–water partition coefficient (Wildman–Crippen LogP) is 1.33. The van der Waals surface area contributed by atoms with E-state index in [9.17, 15) is 4.39 Å². The van der Waals surface area contributed by atoms with Gasteiger partial charge in [-0.1, -0.05) is 0 Å². The molecule has 1 aliphatic heterocycles. The van der Waals surface area contributed by atoms with Crippen LogP contribution in [0.2, 0.25) is 0 Å². The summed E-state index contributed by atoms with van der Waals surface area (Å²) in [5.74, 6) is 0.545. The van der Waals surface area contributed by atoms with Crippen LogP contribution in [0.3, 0.4) is 0 Å². The highest BCUT2D eigenvalue weighted by atomic mass is 35.5. The van der Waals surface area contributed by atoms with Crippen LogP contribution in [0.1, 0.15) is 5.56 Å². The molecule has 0 radical (unpaired) electrons. The van der Waals surface area contributed by atoms with Crippen LogP contribution in [0.5, 0.6) is 5.75 Å². The molecular weight excluding hydrogens is 281 g/mol. The largest absolute Gasteiger partial charge is 0.496 e. The molecule has 0 bridgehead atoms. The molecule has 0 aromatic heterocycles. The summed E-state index contributed by atoms with van der Waals surface area (Å²) in [6, 6.07) is 4.68. The highest BCUT2D eigenvalue weighted by molar-refractivity contribution is 5.85. The van der Waals surface area contributed by atoms with E-state index in [1.54, 1.807) is 19.2 Å². The Labute approximate surface area is 126 Å². The van der Waals surface area contributed by atoms with Crippen LogP contribution in [0.15, 0.2) is 18.2 Å². The van der Waals surface area contributed by atoms with Crippen molar-refractivity contribution >= 4 is 12.4 Å². The van der Waals surface area contributed by atoms with Gasteiger partial charge in [0.15, 0.2) is 0 Å². The van der Waals surface area contributed by atoms with Gasteiger partial charge in [0.1, 0.15) is 11.6 Å². The van der Waals surface area contributed by atoms with Crippen molar-refractivity contribution in [2.75, 3.05) is 46.4 Å². The van der Waals surface area contributed by atoms with Gasteiger partial charge >= 0.3 is 0 Å². The SMILES string of the molecule is COc1ccc(F)cc1CN1CCN(CCN)CC1.Cl. The highest BCUT2D eigenvalue weighted by Gasteiger charge is 2.17. The highest BCUT2D eigenvalue weighted by Crippen LogP contribution is 2.21. The van der Waals surface area contributed by atoms with Gasteiger partial charge in [0.2, 0.25) is 0 Å². The van der Waals surface area contributed by atoms with Gasteiger partial charge in [-0.05, 0) is 18.2 Å². The molecule has 0 atom stereocenters. The fourth-order valence-electron chi connectivity index (χ4n) is 2.47. The normalized spacial score (nSPS) is 16.8. The van der Waals surface area contributed by atoms with Crippen molar-refractivity contribution in [2.24, 2.45) is 5.73 Å². The van der Waals surface area contributed by atoms with E-state index in [0.717, 1.165) is 50.6 Å². The molecule has 4 nitrogen and oxygen atoms in total. The van der Waals surface area contributed by atoms with Crippen LogP contribution in [0.25, 0.3) is 0 Å².